The second kappa shape index (κ2) is 10.7. The third kappa shape index (κ3) is 5.24. The van der Waals surface area contributed by atoms with E-state index in [4.69, 9.17) is 14.5 Å². The summed E-state index contributed by atoms with van der Waals surface area (Å²) < 4.78 is 13.2. The minimum atomic E-state index is 0.157. The third-order valence-electron chi connectivity index (χ3n) is 5.39. The molecule has 0 spiro atoms. The van der Waals surface area contributed by atoms with Gasteiger partial charge in [-0.3, -0.25) is 4.90 Å². The molecule has 0 saturated carbocycles. The van der Waals surface area contributed by atoms with Gasteiger partial charge < -0.3 is 9.47 Å². The van der Waals surface area contributed by atoms with Crippen LogP contribution in [-0.2, 0) is 18.0 Å². The first-order valence-corrected chi connectivity index (χ1v) is 12.3. The molecule has 0 aliphatic carbocycles. The molecule has 34 heavy (non-hydrogen) atoms. The zero-order chi connectivity index (χ0) is 23.2. The maximum absolute atomic E-state index is 5.88. The largest absolute Gasteiger partial charge is 0.454 e. The summed E-state index contributed by atoms with van der Waals surface area (Å²) in [6.07, 6.45) is 1.99. The van der Waals surface area contributed by atoms with Crippen molar-refractivity contribution >= 4 is 11.8 Å². The van der Waals surface area contributed by atoms with E-state index in [1.807, 2.05) is 71.6 Å². The molecule has 0 atom stereocenters. The molecule has 2 aromatic carbocycles. The Morgan fingerprint density at radius 2 is 1.56 bits per heavy atom. The lowest BCUT2D eigenvalue weighted by Crippen LogP contribution is -2.37. The van der Waals surface area contributed by atoms with Gasteiger partial charge in [-0.25, -0.2) is 9.67 Å². The van der Waals surface area contributed by atoms with E-state index in [0.717, 1.165) is 42.6 Å². The van der Waals surface area contributed by atoms with Crippen LogP contribution >= 0.6 is 11.8 Å². The van der Waals surface area contributed by atoms with E-state index < -0.39 is 0 Å². The molecule has 2 aromatic heterocycles. The Hall–Kier alpha value is -3.34. The van der Waals surface area contributed by atoms with Crippen LogP contribution in [0.1, 0.15) is 5.82 Å². The standard InChI is InChI=1S/C24H25N7O2S/c1-34-24-25-20(29-31(24)17-30-12-14-32-15-13-30)16-33-23-26-21(18-8-4-2-5-9-18)22(27-28-23)19-10-6-3-7-11-19/h2-11H,12-17H2,1H3. The second-order valence-corrected chi connectivity index (χ2v) is 8.47. The third-order valence-corrected chi connectivity index (χ3v) is 6.06. The quantitative estimate of drug-likeness (QED) is 0.356. The summed E-state index contributed by atoms with van der Waals surface area (Å²) in [4.78, 5) is 11.6. The van der Waals surface area contributed by atoms with Crippen molar-refractivity contribution in [1.29, 1.82) is 0 Å². The molecular weight excluding hydrogens is 450 g/mol. The van der Waals surface area contributed by atoms with Gasteiger partial charge in [0.05, 0.1) is 19.9 Å². The molecule has 0 N–H and O–H groups in total. The predicted octanol–water partition coefficient (Wildman–Crippen LogP) is 3.39. The topological polar surface area (TPSA) is 91.1 Å². The highest BCUT2D eigenvalue weighted by Crippen LogP contribution is 2.29. The fourth-order valence-corrected chi connectivity index (χ4v) is 4.20. The van der Waals surface area contributed by atoms with Crippen molar-refractivity contribution in [1.82, 2.24) is 34.8 Å². The first-order chi connectivity index (χ1) is 16.8. The van der Waals surface area contributed by atoms with Crippen LogP contribution in [-0.4, -0.2) is 67.4 Å². The summed E-state index contributed by atoms with van der Waals surface area (Å²) in [6.45, 7) is 4.08. The Morgan fingerprint density at radius 1 is 0.882 bits per heavy atom. The smallest absolute Gasteiger partial charge is 0.336 e. The average Bonchev–Trinajstić information content (AvgIpc) is 3.30. The van der Waals surface area contributed by atoms with Crippen LogP contribution in [0.15, 0.2) is 65.8 Å². The van der Waals surface area contributed by atoms with E-state index in [2.05, 4.69) is 25.2 Å². The van der Waals surface area contributed by atoms with Crippen LogP contribution in [0.3, 0.4) is 0 Å². The SMILES string of the molecule is CSc1nc(COc2nnc(-c3ccccc3)c(-c3ccccc3)n2)nn1CN1CCOCC1. The lowest BCUT2D eigenvalue weighted by Gasteiger charge is -2.26. The minimum Gasteiger partial charge on any atom is -0.454 e. The summed E-state index contributed by atoms with van der Waals surface area (Å²) in [6, 6.07) is 20.0. The number of benzene rings is 2. The van der Waals surface area contributed by atoms with Crippen LogP contribution in [0.4, 0.5) is 0 Å². The number of nitrogens with zero attached hydrogens (tertiary/aromatic N) is 7. The summed E-state index contributed by atoms with van der Waals surface area (Å²) in [5.74, 6) is 0.578. The molecular formula is C24H25N7O2S. The second-order valence-electron chi connectivity index (χ2n) is 7.70. The molecule has 0 radical (unpaired) electrons. The van der Waals surface area contributed by atoms with Crippen LogP contribution in [0.5, 0.6) is 6.01 Å². The summed E-state index contributed by atoms with van der Waals surface area (Å²) >= 11 is 1.56. The fraction of sp³-hybridized carbons (Fsp3) is 0.292. The predicted molar refractivity (Wildman–Crippen MR) is 129 cm³/mol. The summed E-state index contributed by atoms with van der Waals surface area (Å²) in [5.41, 5.74) is 3.31. The van der Waals surface area contributed by atoms with Gasteiger partial charge in [-0.05, 0) is 6.26 Å². The summed E-state index contributed by atoms with van der Waals surface area (Å²) in [5, 5.41) is 14.2. The average molecular weight is 476 g/mol. The van der Waals surface area contributed by atoms with Gasteiger partial charge in [-0.15, -0.1) is 5.10 Å². The number of hydrogen-bond donors (Lipinski definition) is 0. The molecule has 0 unspecified atom stereocenters. The Bertz CT molecular complexity index is 1210. The molecule has 174 valence electrons. The Balaban J connectivity index is 1.36. The zero-order valence-electron chi connectivity index (χ0n) is 18.9. The monoisotopic (exact) mass is 475 g/mol. The molecule has 1 aliphatic rings. The van der Waals surface area contributed by atoms with E-state index in [9.17, 15) is 0 Å². The van der Waals surface area contributed by atoms with E-state index in [1.54, 1.807) is 11.8 Å². The molecule has 10 heteroatoms. The normalized spacial score (nSPS) is 14.3. The molecule has 0 bridgehead atoms. The molecule has 4 aromatic rings. The Labute approximate surface area is 202 Å². The first kappa shape index (κ1) is 22.5. The van der Waals surface area contributed by atoms with Crippen molar-refractivity contribution in [2.24, 2.45) is 0 Å². The Kier molecular flexibility index (Phi) is 7.08. The number of hydrogen-bond acceptors (Lipinski definition) is 9. The van der Waals surface area contributed by atoms with E-state index in [0.29, 0.717) is 23.9 Å². The van der Waals surface area contributed by atoms with Crippen molar-refractivity contribution in [2.45, 2.75) is 18.4 Å². The van der Waals surface area contributed by atoms with Gasteiger partial charge in [0.2, 0.25) is 0 Å². The van der Waals surface area contributed by atoms with Gasteiger partial charge in [0.1, 0.15) is 11.4 Å². The highest BCUT2D eigenvalue weighted by atomic mass is 32.2. The van der Waals surface area contributed by atoms with Crippen LogP contribution in [0.25, 0.3) is 22.5 Å². The first-order valence-electron chi connectivity index (χ1n) is 11.1. The Morgan fingerprint density at radius 3 is 2.24 bits per heavy atom. The van der Waals surface area contributed by atoms with Gasteiger partial charge in [-0.2, -0.15) is 10.1 Å². The molecule has 0 amide bonds. The van der Waals surface area contributed by atoms with E-state index in [-0.39, 0.29) is 12.6 Å². The summed E-state index contributed by atoms with van der Waals surface area (Å²) in [7, 11) is 0. The number of ether oxygens (including phenoxy) is 2. The molecule has 1 fully saturated rings. The van der Waals surface area contributed by atoms with Gasteiger partial charge in [0, 0.05) is 24.2 Å². The molecule has 5 rings (SSSR count). The molecule has 3 heterocycles. The number of aromatic nitrogens is 6. The van der Waals surface area contributed by atoms with Crippen molar-refractivity contribution in [3.63, 3.8) is 0 Å². The minimum absolute atomic E-state index is 0.157. The van der Waals surface area contributed by atoms with Gasteiger partial charge in [-0.1, -0.05) is 77.5 Å². The van der Waals surface area contributed by atoms with Crippen molar-refractivity contribution in [3.05, 3.63) is 66.5 Å². The van der Waals surface area contributed by atoms with Crippen LogP contribution in [0.2, 0.25) is 0 Å². The molecule has 1 aliphatic heterocycles. The molecule has 9 nitrogen and oxygen atoms in total. The van der Waals surface area contributed by atoms with Crippen LogP contribution in [0, 0.1) is 0 Å². The highest BCUT2D eigenvalue weighted by Gasteiger charge is 2.17. The van der Waals surface area contributed by atoms with Gasteiger partial charge >= 0.3 is 6.01 Å². The van der Waals surface area contributed by atoms with Crippen molar-refractivity contribution < 1.29 is 9.47 Å². The maximum atomic E-state index is 5.88. The number of rotatable bonds is 8. The maximum Gasteiger partial charge on any atom is 0.336 e. The lowest BCUT2D eigenvalue weighted by molar-refractivity contribution is 0.0195. The zero-order valence-corrected chi connectivity index (χ0v) is 19.7. The van der Waals surface area contributed by atoms with Crippen LogP contribution < -0.4 is 4.74 Å². The van der Waals surface area contributed by atoms with E-state index >= 15 is 0 Å². The lowest BCUT2D eigenvalue weighted by atomic mass is 10.0. The fourth-order valence-electron chi connectivity index (χ4n) is 3.70. The number of thioether (sulfide) groups is 1. The van der Waals surface area contributed by atoms with Gasteiger partial charge in [0.25, 0.3) is 0 Å². The van der Waals surface area contributed by atoms with Crippen molar-refractivity contribution in [3.8, 4) is 28.5 Å². The van der Waals surface area contributed by atoms with Gasteiger partial charge in [0.15, 0.2) is 17.6 Å². The highest BCUT2D eigenvalue weighted by molar-refractivity contribution is 7.98. The number of morpholine rings is 1. The molecule has 1 saturated heterocycles. The van der Waals surface area contributed by atoms with Crippen molar-refractivity contribution in [2.75, 3.05) is 32.6 Å². The van der Waals surface area contributed by atoms with E-state index in [1.165, 1.54) is 0 Å².